The Labute approximate surface area is 241 Å². The van der Waals surface area contributed by atoms with Gasteiger partial charge in [-0.15, -0.1) is 0 Å². The van der Waals surface area contributed by atoms with Crippen molar-refractivity contribution in [3.05, 3.63) is 87.6 Å². The van der Waals surface area contributed by atoms with Crippen LogP contribution in [0.1, 0.15) is 43.1 Å². The lowest BCUT2D eigenvalue weighted by atomic mass is 9.91. The van der Waals surface area contributed by atoms with Gasteiger partial charge in [0.25, 0.3) is 0 Å². The minimum Gasteiger partial charge on any atom is -0.489 e. The molecular formula is C30H32BrClN4O3. The van der Waals surface area contributed by atoms with E-state index in [4.69, 9.17) is 27.1 Å². The second kappa shape index (κ2) is 12.8. The van der Waals surface area contributed by atoms with E-state index in [1.165, 1.54) is 0 Å². The molecule has 0 saturated carbocycles. The fourth-order valence-electron chi connectivity index (χ4n) is 4.29. The molecule has 0 bridgehead atoms. The second-order valence-electron chi connectivity index (χ2n) is 9.95. The van der Waals surface area contributed by atoms with Crippen LogP contribution in [-0.4, -0.2) is 39.8 Å². The van der Waals surface area contributed by atoms with Gasteiger partial charge in [0.1, 0.15) is 5.75 Å². The lowest BCUT2D eigenvalue weighted by Crippen LogP contribution is -2.41. The standard InChI is InChI=1S/C30H32BrClN4O3/c1-18(2)39-28-11-10-23(15-25(28)32)27(37)14-21(16-34-30(38)19(3)33)13-20-6-8-22(9-7-20)26-17-36-12-4-5-24(31)29(36)35-26/h4-12,15,17-19,21H,13-14,16,33H2,1-3H3,(H,34,38)/t19?,21-/m1/s1. The number of pyridine rings is 1. The summed E-state index contributed by atoms with van der Waals surface area (Å²) in [4.78, 5) is 30.1. The van der Waals surface area contributed by atoms with Crippen LogP contribution in [0, 0.1) is 5.92 Å². The highest BCUT2D eigenvalue weighted by atomic mass is 79.9. The summed E-state index contributed by atoms with van der Waals surface area (Å²) >= 11 is 9.91. The number of hydrogen-bond donors (Lipinski definition) is 2. The molecule has 0 aliphatic carbocycles. The maximum absolute atomic E-state index is 13.2. The van der Waals surface area contributed by atoms with E-state index in [9.17, 15) is 9.59 Å². The quantitative estimate of drug-likeness (QED) is 0.200. The van der Waals surface area contributed by atoms with Crippen molar-refractivity contribution in [3.8, 4) is 17.0 Å². The summed E-state index contributed by atoms with van der Waals surface area (Å²) in [7, 11) is 0. The fraction of sp³-hybridized carbons (Fsp3) is 0.300. The van der Waals surface area contributed by atoms with E-state index in [-0.39, 0.29) is 30.1 Å². The Bertz CT molecular complexity index is 1470. The number of hydrogen-bond acceptors (Lipinski definition) is 5. The summed E-state index contributed by atoms with van der Waals surface area (Å²) in [6, 6.07) is 16.5. The molecule has 39 heavy (non-hydrogen) atoms. The summed E-state index contributed by atoms with van der Waals surface area (Å²) < 4.78 is 8.59. The monoisotopic (exact) mass is 610 g/mol. The third-order valence-electron chi connectivity index (χ3n) is 6.28. The van der Waals surface area contributed by atoms with Crippen LogP contribution >= 0.6 is 27.5 Å². The Kier molecular flexibility index (Phi) is 9.43. The van der Waals surface area contributed by atoms with E-state index >= 15 is 0 Å². The number of halogens is 2. The predicted molar refractivity (Wildman–Crippen MR) is 158 cm³/mol. The number of ether oxygens (including phenoxy) is 1. The fourth-order valence-corrected chi connectivity index (χ4v) is 4.96. The first-order valence-corrected chi connectivity index (χ1v) is 14.0. The van der Waals surface area contributed by atoms with Crippen molar-refractivity contribution in [2.75, 3.05) is 6.54 Å². The lowest BCUT2D eigenvalue weighted by molar-refractivity contribution is -0.122. The summed E-state index contributed by atoms with van der Waals surface area (Å²) in [6.07, 6.45) is 4.76. The highest BCUT2D eigenvalue weighted by Gasteiger charge is 2.20. The lowest BCUT2D eigenvalue weighted by Gasteiger charge is -2.19. The van der Waals surface area contributed by atoms with Gasteiger partial charge in [0.15, 0.2) is 11.4 Å². The van der Waals surface area contributed by atoms with Gasteiger partial charge in [0, 0.05) is 36.5 Å². The van der Waals surface area contributed by atoms with Crippen LogP contribution in [0.15, 0.2) is 71.5 Å². The molecule has 1 amide bonds. The van der Waals surface area contributed by atoms with Crippen molar-refractivity contribution in [1.82, 2.24) is 14.7 Å². The number of nitrogens with two attached hydrogens (primary N) is 1. The number of benzene rings is 2. The van der Waals surface area contributed by atoms with E-state index in [2.05, 4.69) is 21.2 Å². The van der Waals surface area contributed by atoms with Crippen molar-refractivity contribution in [3.63, 3.8) is 0 Å². The predicted octanol–water partition coefficient (Wildman–Crippen LogP) is 6.10. The molecule has 0 spiro atoms. The van der Waals surface area contributed by atoms with Gasteiger partial charge in [-0.25, -0.2) is 4.98 Å². The van der Waals surface area contributed by atoms with Crippen LogP contribution in [0.5, 0.6) is 5.75 Å². The largest absolute Gasteiger partial charge is 0.489 e. The van der Waals surface area contributed by atoms with E-state index in [1.807, 2.05) is 67.0 Å². The van der Waals surface area contributed by atoms with Gasteiger partial charge in [0.05, 0.1) is 27.3 Å². The van der Waals surface area contributed by atoms with Crippen LogP contribution in [0.25, 0.3) is 16.9 Å². The normalized spacial score (nSPS) is 12.9. The van der Waals surface area contributed by atoms with Gasteiger partial charge >= 0.3 is 0 Å². The summed E-state index contributed by atoms with van der Waals surface area (Å²) in [5.41, 5.74) is 9.99. The number of nitrogens with one attached hydrogen (secondary N) is 1. The zero-order chi connectivity index (χ0) is 28.1. The number of amides is 1. The summed E-state index contributed by atoms with van der Waals surface area (Å²) in [6.45, 7) is 5.80. The molecule has 0 saturated heterocycles. The maximum Gasteiger partial charge on any atom is 0.236 e. The average Bonchev–Trinajstić information content (AvgIpc) is 3.34. The molecule has 4 rings (SSSR count). The van der Waals surface area contributed by atoms with Gasteiger partial charge in [-0.1, -0.05) is 35.9 Å². The minimum atomic E-state index is -0.626. The molecule has 0 radical (unpaired) electrons. The second-order valence-corrected chi connectivity index (χ2v) is 11.2. The molecule has 204 valence electrons. The molecule has 0 fully saturated rings. The van der Waals surface area contributed by atoms with Gasteiger partial charge in [-0.3, -0.25) is 9.59 Å². The van der Waals surface area contributed by atoms with Crippen molar-refractivity contribution in [2.45, 2.75) is 45.8 Å². The average molecular weight is 612 g/mol. The Morgan fingerprint density at radius 1 is 1.13 bits per heavy atom. The molecule has 2 heterocycles. The number of nitrogens with zero attached hydrogens (tertiary/aromatic N) is 2. The molecule has 9 heteroatoms. The summed E-state index contributed by atoms with van der Waals surface area (Å²) in [5, 5.41) is 3.27. The SMILES string of the molecule is CC(C)Oc1ccc(C(=O)C[C@H](CNC(=O)C(C)N)Cc2ccc(-c3cn4cccc(Br)c4n3)cc2)cc1Cl. The molecule has 0 aliphatic rings. The Balaban J connectivity index is 1.49. The number of imidazole rings is 1. The van der Waals surface area contributed by atoms with Crippen LogP contribution in [0.3, 0.4) is 0 Å². The minimum absolute atomic E-state index is 0.0250. The van der Waals surface area contributed by atoms with Gasteiger partial charge < -0.3 is 20.2 Å². The third-order valence-corrected chi connectivity index (χ3v) is 7.19. The molecule has 1 unspecified atom stereocenters. The smallest absolute Gasteiger partial charge is 0.236 e. The highest BCUT2D eigenvalue weighted by molar-refractivity contribution is 9.10. The number of rotatable bonds is 11. The van der Waals surface area contributed by atoms with E-state index in [0.29, 0.717) is 29.3 Å². The maximum atomic E-state index is 13.2. The molecule has 7 nitrogen and oxygen atoms in total. The first kappa shape index (κ1) is 28.8. The van der Waals surface area contributed by atoms with Gasteiger partial charge in [-0.05, 0) is 84.9 Å². The van der Waals surface area contributed by atoms with Gasteiger partial charge in [-0.2, -0.15) is 0 Å². The number of aromatic nitrogens is 2. The third kappa shape index (κ3) is 7.47. The first-order chi connectivity index (χ1) is 18.6. The van der Waals surface area contributed by atoms with Crippen molar-refractivity contribution >= 4 is 44.9 Å². The number of fused-ring (bicyclic) bond motifs is 1. The Morgan fingerprint density at radius 2 is 1.87 bits per heavy atom. The number of carbonyl (C=O) groups excluding carboxylic acids is 2. The highest BCUT2D eigenvalue weighted by Crippen LogP contribution is 2.28. The zero-order valence-corrected chi connectivity index (χ0v) is 24.5. The van der Waals surface area contributed by atoms with E-state index in [0.717, 1.165) is 26.9 Å². The number of carbonyl (C=O) groups is 2. The molecule has 0 aliphatic heterocycles. The van der Waals surface area contributed by atoms with Crippen LogP contribution in [-0.2, 0) is 11.2 Å². The van der Waals surface area contributed by atoms with Crippen LogP contribution in [0.2, 0.25) is 5.02 Å². The van der Waals surface area contributed by atoms with Crippen molar-refractivity contribution in [1.29, 1.82) is 0 Å². The topological polar surface area (TPSA) is 98.7 Å². The Morgan fingerprint density at radius 3 is 2.51 bits per heavy atom. The molecule has 2 atom stereocenters. The number of Topliss-reactive ketones (excluding diaryl/α,β-unsaturated/α-hetero) is 1. The molecule has 4 aromatic rings. The molecular weight excluding hydrogens is 580 g/mol. The first-order valence-electron chi connectivity index (χ1n) is 12.9. The molecule has 2 aromatic heterocycles. The van der Waals surface area contributed by atoms with Crippen LogP contribution < -0.4 is 15.8 Å². The number of ketones is 1. The van der Waals surface area contributed by atoms with Crippen LogP contribution in [0.4, 0.5) is 0 Å². The molecule has 3 N–H and O–H groups in total. The van der Waals surface area contributed by atoms with Gasteiger partial charge in [0.2, 0.25) is 5.91 Å². The summed E-state index contributed by atoms with van der Waals surface area (Å²) in [5.74, 6) is 0.101. The van der Waals surface area contributed by atoms with Crippen molar-refractivity contribution < 1.29 is 14.3 Å². The zero-order valence-electron chi connectivity index (χ0n) is 22.2. The molecule has 2 aromatic carbocycles. The Hall–Kier alpha value is -3.20. The van der Waals surface area contributed by atoms with E-state index in [1.54, 1.807) is 25.1 Å². The van der Waals surface area contributed by atoms with Crippen molar-refractivity contribution in [2.24, 2.45) is 11.7 Å². The van der Waals surface area contributed by atoms with E-state index < -0.39 is 6.04 Å².